The van der Waals surface area contributed by atoms with Gasteiger partial charge in [0.1, 0.15) is 11.3 Å². The number of nitrogens with zero attached hydrogens (tertiary/aromatic N) is 1. The second kappa shape index (κ2) is 6.44. The standard InChI is InChI=1S/C14H17ClN2O2/c1-10(2)14(3,9-16)17-13(18)8-19-12-6-4-11(15)5-7-12/h4-7,10H,8H2,1-3H3,(H,17,18). The van der Waals surface area contributed by atoms with Gasteiger partial charge in [-0.25, -0.2) is 0 Å². The first-order chi connectivity index (χ1) is 8.87. The summed E-state index contributed by atoms with van der Waals surface area (Å²) in [6, 6.07) is 8.84. The molecule has 0 saturated carbocycles. The Hall–Kier alpha value is -1.73. The zero-order valence-corrected chi connectivity index (χ0v) is 12.0. The summed E-state index contributed by atoms with van der Waals surface area (Å²) in [7, 11) is 0. The molecule has 1 unspecified atom stereocenters. The number of amides is 1. The number of nitrogens with one attached hydrogen (secondary N) is 1. The summed E-state index contributed by atoms with van der Waals surface area (Å²) in [5, 5.41) is 12.4. The van der Waals surface area contributed by atoms with E-state index in [4.69, 9.17) is 21.6 Å². The molecule has 0 aliphatic rings. The molecular weight excluding hydrogens is 264 g/mol. The summed E-state index contributed by atoms with van der Waals surface area (Å²) in [6.45, 7) is 5.32. The van der Waals surface area contributed by atoms with Crippen LogP contribution < -0.4 is 10.1 Å². The van der Waals surface area contributed by atoms with Crippen LogP contribution in [-0.2, 0) is 4.79 Å². The molecule has 0 fully saturated rings. The number of carbonyl (C=O) groups excluding carboxylic acids is 1. The number of benzene rings is 1. The van der Waals surface area contributed by atoms with Gasteiger partial charge in [0.25, 0.3) is 5.91 Å². The first-order valence-corrected chi connectivity index (χ1v) is 6.36. The Bertz CT molecular complexity index is 479. The maximum Gasteiger partial charge on any atom is 0.259 e. The van der Waals surface area contributed by atoms with Gasteiger partial charge in [0.05, 0.1) is 6.07 Å². The SMILES string of the molecule is CC(C)C(C)(C#N)NC(=O)COc1ccc(Cl)cc1. The van der Waals surface area contributed by atoms with Crippen molar-refractivity contribution < 1.29 is 9.53 Å². The highest BCUT2D eigenvalue weighted by molar-refractivity contribution is 6.30. The normalized spacial score (nSPS) is 13.5. The van der Waals surface area contributed by atoms with Crippen LogP contribution in [0.1, 0.15) is 20.8 Å². The Morgan fingerprint density at radius 1 is 1.47 bits per heavy atom. The zero-order chi connectivity index (χ0) is 14.5. The van der Waals surface area contributed by atoms with Crippen LogP contribution in [0.4, 0.5) is 0 Å². The van der Waals surface area contributed by atoms with Gasteiger partial charge in [0.2, 0.25) is 0 Å². The van der Waals surface area contributed by atoms with Crippen molar-refractivity contribution in [1.82, 2.24) is 5.32 Å². The smallest absolute Gasteiger partial charge is 0.259 e. The molecule has 1 atom stereocenters. The molecule has 4 nitrogen and oxygen atoms in total. The van der Waals surface area contributed by atoms with Crippen LogP contribution in [0.15, 0.2) is 24.3 Å². The van der Waals surface area contributed by atoms with Gasteiger partial charge >= 0.3 is 0 Å². The van der Waals surface area contributed by atoms with E-state index in [2.05, 4.69) is 11.4 Å². The Morgan fingerprint density at radius 2 is 2.05 bits per heavy atom. The van der Waals surface area contributed by atoms with Crippen LogP contribution in [0.2, 0.25) is 5.02 Å². The van der Waals surface area contributed by atoms with E-state index in [-0.39, 0.29) is 18.4 Å². The molecule has 1 amide bonds. The minimum atomic E-state index is -0.888. The number of hydrogen-bond acceptors (Lipinski definition) is 3. The molecule has 0 aromatic heterocycles. The van der Waals surface area contributed by atoms with Gasteiger partial charge in [-0.05, 0) is 37.1 Å². The van der Waals surface area contributed by atoms with Crippen molar-refractivity contribution in [3.05, 3.63) is 29.3 Å². The molecule has 1 aromatic rings. The lowest BCUT2D eigenvalue weighted by Gasteiger charge is -2.27. The highest BCUT2D eigenvalue weighted by atomic mass is 35.5. The van der Waals surface area contributed by atoms with Crippen LogP contribution in [0.5, 0.6) is 5.75 Å². The lowest BCUT2D eigenvalue weighted by molar-refractivity contribution is -0.124. The minimum Gasteiger partial charge on any atom is -0.484 e. The number of carbonyl (C=O) groups is 1. The third kappa shape index (κ3) is 4.46. The average Bonchev–Trinajstić information content (AvgIpc) is 2.37. The fourth-order valence-corrected chi connectivity index (χ4v) is 1.43. The number of halogens is 1. The molecule has 1 aromatic carbocycles. The van der Waals surface area contributed by atoms with Crippen molar-refractivity contribution in [1.29, 1.82) is 5.26 Å². The van der Waals surface area contributed by atoms with E-state index in [1.54, 1.807) is 31.2 Å². The quantitative estimate of drug-likeness (QED) is 0.902. The predicted octanol–water partition coefficient (Wildman–Crippen LogP) is 2.77. The monoisotopic (exact) mass is 280 g/mol. The minimum absolute atomic E-state index is 0.0111. The molecule has 102 valence electrons. The number of hydrogen-bond donors (Lipinski definition) is 1. The molecule has 0 heterocycles. The van der Waals surface area contributed by atoms with Crippen LogP contribution in [0.3, 0.4) is 0 Å². The second-order valence-corrected chi connectivity index (χ2v) is 5.20. The number of nitriles is 1. The first-order valence-electron chi connectivity index (χ1n) is 5.98. The third-order valence-corrected chi connectivity index (χ3v) is 3.22. The first kappa shape index (κ1) is 15.3. The molecule has 0 spiro atoms. The lowest BCUT2D eigenvalue weighted by Crippen LogP contribution is -2.50. The molecule has 0 aliphatic heterocycles. The summed E-state index contributed by atoms with van der Waals surface area (Å²) >= 11 is 5.74. The fraction of sp³-hybridized carbons (Fsp3) is 0.429. The third-order valence-electron chi connectivity index (χ3n) is 2.97. The lowest BCUT2D eigenvalue weighted by atomic mass is 9.90. The summed E-state index contributed by atoms with van der Waals surface area (Å²) in [6.07, 6.45) is 0. The molecular formula is C14H17ClN2O2. The highest BCUT2D eigenvalue weighted by Crippen LogP contribution is 2.16. The van der Waals surface area contributed by atoms with Gasteiger partial charge in [0, 0.05) is 5.02 Å². The van der Waals surface area contributed by atoms with E-state index in [0.717, 1.165) is 0 Å². The van der Waals surface area contributed by atoms with Gasteiger partial charge in [-0.15, -0.1) is 0 Å². The molecule has 0 saturated heterocycles. The van der Waals surface area contributed by atoms with E-state index >= 15 is 0 Å². The Morgan fingerprint density at radius 3 is 2.53 bits per heavy atom. The van der Waals surface area contributed by atoms with Crippen LogP contribution >= 0.6 is 11.6 Å². The van der Waals surface area contributed by atoms with Crippen molar-refractivity contribution in [3.8, 4) is 11.8 Å². The van der Waals surface area contributed by atoms with Crippen LogP contribution in [0.25, 0.3) is 0 Å². The molecule has 5 heteroatoms. The zero-order valence-electron chi connectivity index (χ0n) is 11.2. The summed E-state index contributed by atoms with van der Waals surface area (Å²) in [5.41, 5.74) is -0.888. The van der Waals surface area contributed by atoms with Gasteiger partial charge in [-0.3, -0.25) is 4.79 Å². The van der Waals surface area contributed by atoms with Gasteiger partial charge < -0.3 is 10.1 Å². The maximum atomic E-state index is 11.7. The summed E-state index contributed by atoms with van der Waals surface area (Å²) in [5.74, 6) is 0.243. The van der Waals surface area contributed by atoms with Gasteiger partial charge in [0.15, 0.2) is 6.61 Å². The summed E-state index contributed by atoms with van der Waals surface area (Å²) < 4.78 is 5.31. The van der Waals surface area contributed by atoms with Crippen LogP contribution in [0, 0.1) is 17.2 Å². The van der Waals surface area contributed by atoms with Crippen molar-refractivity contribution >= 4 is 17.5 Å². The number of rotatable bonds is 5. The Balaban J connectivity index is 2.53. The van der Waals surface area contributed by atoms with E-state index in [0.29, 0.717) is 10.8 Å². The van der Waals surface area contributed by atoms with Crippen molar-refractivity contribution in [2.24, 2.45) is 5.92 Å². The van der Waals surface area contributed by atoms with E-state index in [9.17, 15) is 4.79 Å². The molecule has 0 radical (unpaired) electrons. The highest BCUT2D eigenvalue weighted by Gasteiger charge is 2.29. The molecule has 19 heavy (non-hydrogen) atoms. The topological polar surface area (TPSA) is 62.1 Å². The van der Waals surface area contributed by atoms with Crippen molar-refractivity contribution in [2.45, 2.75) is 26.3 Å². The van der Waals surface area contributed by atoms with Gasteiger partial charge in [-0.1, -0.05) is 25.4 Å². The van der Waals surface area contributed by atoms with E-state index in [1.165, 1.54) is 0 Å². The number of ether oxygens (including phenoxy) is 1. The van der Waals surface area contributed by atoms with Crippen molar-refractivity contribution in [3.63, 3.8) is 0 Å². The average molecular weight is 281 g/mol. The molecule has 0 bridgehead atoms. The van der Waals surface area contributed by atoms with Crippen LogP contribution in [-0.4, -0.2) is 18.1 Å². The van der Waals surface area contributed by atoms with E-state index < -0.39 is 5.54 Å². The fourth-order valence-electron chi connectivity index (χ4n) is 1.31. The second-order valence-electron chi connectivity index (χ2n) is 4.76. The molecule has 1 N–H and O–H groups in total. The maximum absolute atomic E-state index is 11.7. The Labute approximate surface area is 118 Å². The largest absolute Gasteiger partial charge is 0.484 e. The Kier molecular flexibility index (Phi) is 5.20. The van der Waals surface area contributed by atoms with Crippen molar-refractivity contribution in [2.75, 3.05) is 6.61 Å². The molecule has 0 aliphatic carbocycles. The van der Waals surface area contributed by atoms with E-state index in [1.807, 2.05) is 13.8 Å². The summed E-state index contributed by atoms with van der Waals surface area (Å²) in [4.78, 5) is 11.7. The molecule has 1 rings (SSSR count). The predicted molar refractivity (Wildman–Crippen MR) is 73.9 cm³/mol. The van der Waals surface area contributed by atoms with Gasteiger partial charge in [-0.2, -0.15) is 5.26 Å².